The molecule has 0 radical (unpaired) electrons. The van der Waals surface area contributed by atoms with Crippen molar-refractivity contribution in [2.75, 3.05) is 37.0 Å². The summed E-state index contributed by atoms with van der Waals surface area (Å²) in [6, 6.07) is 0.0806. The highest BCUT2D eigenvalue weighted by molar-refractivity contribution is 5.88. The second-order valence-electron chi connectivity index (χ2n) is 9.27. The first-order valence-corrected chi connectivity index (χ1v) is 12.7. The third-order valence-corrected chi connectivity index (χ3v) is 6.59. The number of alkyl halides is 1. The zero-order chi connectivity index (χ0) is 27.1. The number of anilines is 2. The molecule has 4 rings (SSSR count). The highest BCUT2D eigenvalue weighted by atomic mass is 19.1. The van der Waals surface area contributed by atoms with Crippen LogP contribution >= 0.6 is 0 Å². The van der Waals surface area contributed by atoms with E-state index in [0.717, 1.165) is 0 Å². The number of halogens is 1. The highest BCUT2D eigenvalue weighted by Crippen LogP contribution is 2.24. The van der Waals surface area contributed by atoms with Crippen molar-refractivity contribution in [3.05, 3.63) is 24.7 Å². The summed E-state index contributed by atoms with van der Waals surface area (Å²) in [5.74, 6) is 0.869. The minimum atomic E-state index is -1.26. The van der Waals surface area contributed by atoms with Crippen molar-refractivity contribution in [1.29, 1.82) is 0 Å². The molecule has 2 atom stereocenters. The zero-order valence-electron chi connectivity index (χ0n) is 21.4. The number of carbonyl (C=O) groups is 2. The van der Waals surface area contributed by atoms with Gasteiger partial charge >= 0.3 is 12.1 Å². The van der Waals surface area contributed by atoms with Gasteiger partial charge in [-0.15, -0.1) is 0 Å². The molecule has 3 heterocycles. The predicted molar refractivity (Wildman–Crippen MR) is 135 cm³/mol. The Balaban J connectivity index is 1.34. The van der Waals surface area contributed by atoms with Crippen LogP contribution in [0.1, 0.15) is 39.0 Å². The molecule has 1 saturated carbocycles. The van der Waals surface area contributed by atoms with Gasteiger partial charge in [0.05, 0.1) is 31.1 Å². The van der Waals surface area contributed by atoms with E-state index in [2.05, 4.69) is 30.6 Å². The van der Waals surface area contributed by atoms with Crippen molar-refractivity contribution in [2.24, 2.45) is 0 Å². The Morgan fingerprint density at radius 3 is 2.66 bits per heavy atom. The van der Waals surface area contributed by atoms with Crippen molar-refractivity contribution in [3.8, 4) is 11.8 Å². The number of piperidine rings is 1. The first-order chi connectivity index (χ1) is 18.3. The van der Waals surface area contributed by atoms with Gasteiger partial charge in [-0.05, 0) is 39.0 Å². The topological polar surface area (TPSA) is 155 Å². The number of urea groups is 1. The van der Waals surface area contributed by atoms with E-state index < -0.39 is 24.3 Å². The number of rotatable bonds is 7. The molecule has 2 aromatic heterocycles. The molecule has 2 aromatic rings. The summed E-state index contributed by atoms with van der Waals surface area (Å²) in [4.78, 5) is 44.9. The number of aliphatic hydroxyl groups excluding tert-OH is 1. The molecule has 1 aliphatic heterocycles. The Bertz CT molecular complexity index is 1090. The number of ether oxygens (including phenoxy) is 2. The van der Waals surface area contributed by atoms with E-state index in [-0.39, 0.29) is 42.8 Å². The second-order valence-corrected chi connectivity index (χ2v) is 9.27. The van der Waals surface area contributed by atoms with Crippen LogP contribution in [0.3, 0.4) is 0 Å². The molecule has 0 unspecified atom stereocenters. The largest absolute Gasteiger partial charge is 0.477 e. The standard InChI is InChI=1S/C24H33FN8O5/c1-3-37-21-13-27-19(12-28-21)30-23(35)32(2)18-14-33(11-9-17(18)25)22-26-10-8-20(31-22)38-24(36)29-15-4-6-16(34)7-5-15/h8,10,12-13,15-18,34H,3-7,9,11,14H2,1-2H3,(H,29,36)(H,27,30,35)/t15?,16?,17-,18+/m1/s1. The molecule has 3 amide bonds. The molecule has 0 bridgehead atoms. The van der Waals surface area contributed by atoms with Crippen LogP contribution in [-0.2, 0) is 0 Å². The molecule has 1 aliphatic carbocycles. The van der Waals surface area contributed by atoms with Crippen LogP contribution in [0, 0.1) is 0 Å². The van der Waals surface area contributed by atoms with Gasteiger partial charge in [0, 0.05) is 38.4 Å². The van der Waals surface area contributed by atoms with E-state index in [9.17, 15) is 19.1 Å². The molecular weight excluding hydrogens is 499 g/mol. The fourth-order valence-corrected chi connectivity index (χ4v) is 4.45. The molecule has 13 nitrogen and oxygen atoms in total. The second kappa shape index (κ2) is 12.6. The Morgan fingerprint density at radius 1 is 1.16 bits per heavy atom. The van der Waals surface area contributed by atoms with E-state index >= 15 is 0 Å². The number of nitrogens with zero attached hydrogens (tertiary/aromatic N) is 6. The summed E-state index contributed by atoms with van der Waals surface area (Å²) in [5, 5.41) is 15.0. The van der Waals surface area contributed by atoms with Crippen molar-refractivity contribution in [1.82, 2.24) is 30.2 Å². The highest BCUT2D eigenvalue weighted by Gasteiger charge is 2.35. The number of aliphatic hydroxyl groups is 1. The van der Waals surface area contributed by atoms with Crippen LogP contribution in [0.15, 0.2) is 24.7 Å². The van der Waals surface area contributed by atoms with Gasteiger partial charge in [0.2, 0.25) is 17.7 Å². The van der Waals surface area contributed by atoms with E-state index in [1.165, 1.54) is 36.6 Å². The van der Waals surface area contributed by atoms with Gasteiger partial charge in [0.15, 0.2) is 5.82 Å². The fourth-order valence-electron chi connectivity index (χ4n) is 4.45. The number of nitrogens with one attached hydrogen (secondary N) is 2. The molecular formula is C24H33FN8O5. The van der Waals surface area contributed by atoms with Gasteiger partial charge in [-0.2, -0.15) is 4.98 Å². The molecule has 0 spiro atoms. The molecule has 1 saturated heterocycles. The number of hydrogen-bond acceptors (Lipinski definition) is 10. The van der Waals surface area contributed by atoms with Gasteiger partial charge in [-0.25, -0.2) is 28.9 Å². The molecule has 3 N–H and O–H groups in total. The number of likely N-dealkylation sites (N-methyl/N-ethyl adjacent to an activating group) is 1. The van der Waals surface area contributed by atoms with Crippen LogP contribution in [0.5, 0.6) is 11.8 Å². The van der Waals surface area contributed by atoms with Gasteiger partial charge in [-0.3, -0.25) is 5.32 Å². The third kappa shape index (κ3) is 7.15. The maximum atomic E-state index is 14.9. The van der Waals surface area contributed by atoms with Crippen LogP contribution in [-0.4, -0.2) is 93.2 Å². The lowest BCUT2D eigenvalue weighted by Crippen LogP contribution is -2.55. The molecule has 0 aromatic carbocycles. The normalized spacial score (nSPS) is 23.3. The summed E-state index contributed by atoms with van der Waals surface area (Å²) in [5.41, 5.74) is 0. The number of amides is 3. The SMILES string of the molecule is CCOc1cnc(NC(=O)N(C)[C@H]2CN(c3nccc(OC(=O)NC4CCC(O)CC4)n3)CC[C@H]2F)cn1. The molecule has 38 heavy (non-hydrogen) atoms. The average Bonchev–Trinajstić information content (AvgIpc) is 2.91. The minimum absolute atomic E-state index is 0.0578. The Kier molecular flexibility index (Phi) is 9.05. The summed E-state index contributed by atoms with van der Waals surface area (Å²) in [7, 11) is 1.51. The van der Waals surface area contributed by atoms with Crippen LogP contribution in [0.25, 0.3) is 0 Å². The van der Waals surface area contributed by atoms with Gasteiger partial charge in [-0.1, -0.05) is 0 Å². The van der Waals surface area contributed by atoms with Gasteiger partial charge in [0.25, 0.3) is 0 Å². The monoisotopic (exact) mass is 532 g/mol. The van der Waals surface area contributed by atoms with E-state index in [0.29, 0.717) is 44.7 Å². The first-order valence-electron chi connectivity index (χ1n) is 12.7. The maximum Gasteiger partial charge on any atom is 0.414 e. The predicted octanol–water partition coefficient (Wildman–Crippen LogP) is 2.14. The van der Waals surface area contributed by atoms with Crippen molar-refractivity contribution >= 4 is 23.9 Å². The van der Waals surface area contributed by atoms with Crippen LogP contribution in [0.2, 0.25) is 0 Å². The van der Waals surface area contributed by atoms with E-state index in [1.807, 2.05) is 6.92 Å². The molecule has 2 fully saturated rings. The van der Waals surface area contributed by atoms with Crippen LogP contribution < -0.4 is 25.0 Å². The maximum absolute atomic E-state index is 14.9. The molecule has 206 valence electrons. The Hall–Kier alpha value is -3.81. The van der Waals surface area contributed by atoms with E-state index in [1.54, 1.807) is 4.90 Å². The lowest BCUT2D eigenvalue weighted by atomic mass is 9.93. The first kappa shape index (κ1) is 27.2. The summed E-state index contributed by atoms with van der Waals surface area (Å²) in [6.45, 7) is 2.73. The van der Waals surface area contributed by atoms with Crippen molar-refractivity contribution in [3.63, 3.8) is 0 Å². The van der Waals surface area contributed by atoms with Crippen molar-refractivity contribution < 1.29 is 28.6 Å². The molecule has 14 heteroatoms. The quantitative estimate of drug-likeness (QED) is 0.483. The minimum Gasteiger partial charge on any atom is -0.477 e. The molecule has 2 aliphatic rings. The smallest absolute Gasteiger partial charge is 0.414 e. The Labute approximate surface area is 219 Å². The lowest BCUT2D eigenvalue weighted by Gasteiger charge is -2.39. The lowest BCUT2D eigenvalue weighted by molar-refractivity contribution is 0.114. The summed E-state index contributed by atoms with van der Waals surface area (Å²) >= 11 is 0. The van der Waals surface area contributed by atoms with Crippen molar-refractivity contribution in [2.45, 2.75) is 63.4 Å². The fraction of sp³-hybridized carbons (Fsp3) is 0.583. The van der Waals surface area contributed by atoms with Crippen LogP contribution in [0.4, 0.5) is 25.7 Å². The summed E-state index contributed by atoms with van der Waals surface area (Å²) < 4.78 is 25.5. The van der Waals surface area contributed by atoms with Gasteiger partial charge in [0.1, 0.15) is 6.17 Å². The summed E-state index contributed by atoms with van der Waals surface area (Å²) in [6.07, 6.45) is 4.79. The third-order valence-electron chi connectivity index (χ3n) is 6.59. The number of carbonyl (C=O) groups excluding carboxylic acids is 2. The zero-order valence-corrected chi connectivity index (χ0v) is 21.4. The van der Waals surface area contributed by atoms with E-state index in [4.69, 9.17) is 9.47 Å². The Morgan fingerprint density at radius 2 is 1.95 bits per heavy atom. The number of hydrogen-bond donors (Lipinski definition) is 3. The average molecular weight is 533 g/mol. The number of aromatic nitrogens is 4. The van der Waals surface area contributed by atoms with Gasteiger partial charge < -0.3 is 29.7 Å².